The molecule has 17 heavy (non-hydrogen) atoms. The summed E-state index contributed by atoms with van der Waals surface area (Å²) < 4.78 is 13.1. The highest BCUT2D eigenvalue weighted by Gasteiger charge is 2.51. The van der Waals surface area contributed by atoms with Gasteiger partial charge in [0, 0.05) is 4.47 Å². The monoisotopic (exact) mass is 296 g/mol. The average molecular weight is 297 g/mol. The number of hydrogen-bond acceptors (Lipinski definition) is 2. The molecule has 0 unspecified atom stereocenters. The summed E-state index contributed by atoms with van der Waals surface area (Å²) in [6.07, 6.45) is 0. The molecule has 4 heteroatoms. The van der Waals surface area contributed by atoms with Crippen LogP contribution < -0.4 is 5.46 Å². The zero-order valence-corrected chi connectivity index (χ0v) is 12.6. The zero-order valence-electron chi connectivity index (χ0n) is 11.0. The summed E-state index contributed by atoms with van der Waals surface area (Å²) in [4.78, 5) is 0. The lowest BCUT2D eigenvalue weighted by molar-refractivity contribution is 0.00578. The van der Waals surface area contributed by atoms with E-state index in [9.17, 15) is 0 Å². The van der Waals surface area contributed by atoms with Crippen molar-refractivity contribution < 1.29 is 9.31 Å². The summed E-state index contributed by atoms with van der Waals surface area (Å²) in [6, 6.07) is 6.23. The average Bonchev–Trinajstić information content (AvgIpc) is 2.34. The predicted molar refractivity (Wildman–Crippen MR) is 74.6 cm³/mol. The molecule has 1 heterocycles. The Balaban J connectivity index is 2.32. The Morgan fingerprint density at radius 1 is 1.00 bits per heavy atom. The highest BCUT2D eigenvalue weighted by atomic mass is 79.9. The quantitative estimate of drug-likeness (QED) is 0.742. The standard InChI is InChI=1S/C13H18BBrO2/c1-9-6-10(8-11(15)7-9)14-16-12(2,3)13(4,5)17-14/h6-8H,1-5H3. The van der Waals surface area contributed by atoms with Crippen LogP contribution in [0.25, 0.3) is 0 Å². The van der Waals surface area contributed by atoms with E-state index in [1.807, 2.05) is 0 Å². The van der Waals surface area contributed by atoms with Crippen LogP contribution in [0.5, 0.6) is 0 Å². The van der Waals surface area contributed by atoms with E-state index < -0.39 is 0 Å². The molecule has 1 aliphatic heterocycles. The molecule has 0 saturated carbocycles. The number of rotatable bonds is 1. The first-order valence-electron chi connectivity index (χ1n) is 5.84. The Bertz CT molecular complexity index is 407. The van der Waals surface area contributed by atoms with Crippen LogP contribution in [0.15, 0.2) is 22.7 Å². The van der Waals surface area contributed by atoms with Crippen molar-refractivity contribution in [3.8, 4) is 0 Å². The van der Waals surface area contributed by atoms with Gasteiger partial charge in [0.1, 0.15) is 0 Å². The van der Waals surface area contributed by atoms with Gasteiger partial charge in [-0.15, -0.1) is 0 Å². The van der Waals surface area contributed by atoms with Crippen molar-refractivity contribution in [2.24, 2.45) is 0 Å². The van der Waals surface area contributed by atoms with Crippen LogP contribution in [0.4, 0.5) is 0 Å². The molecule has 0 aliphatic carbocycles. The summed E-state index contributed by atoms with van der Waals surface area (Å²) in [5.74, 6) is 0. The normalized spacial score (nSPS) is 21.9. The molecule has 1 saturated heterocycles. The van der Waals surface area contributed by atoms with Crippen LogP contribution in [0, 0.1) is 6.92 Å². The smallest absolute Gasteiger partial charge is 0.399 e. The number of halogens is 1. The maximum absolute atomic E-state index is 6.02. The van der Waals surface area contributed by atoms with Gasteiger partial charge >= 0.3 is 7.12 Å². The van der Waals surface area contributed by atoms with Crippen molar-refractivity contribution in [1.29, 1.82) is 0 Å². The first-order valence-corrected chi connectivity index (χ1v) is 6.63. The lowest BCUT2D eigenvalue weighted by Gasteiger charge is -2.32. The van der Waals surface area contributed by atoms with Gasteiger partial charge in [-0.05, 0) is 52.2 Å². The molecule has 0 atom stereocenters. The van der Waals surface area contributed by atoms with E-state index in [0.29, 0.717) is 0 Å². The third-order valence-electron chi connectivity index (χ3n) is 3.59. The van der Waals surface area contributed by atoms with Crippen molar-refractivity contribution in [2.45, 2.75) is 45.8 Å². The fraction of sp³-hybridized carbons (Fsp3) is 0.538. The fourth-order valence-electron chi connectivity index (χ4n) is 1.88. The van der Waals surface area contributed by atoms with Crippen molar-refractivity contribution in [2.75, 3.05) is 0 Å². The first-order chi connectivity index (χ1) is 7.71. The van der Waals surface area contributed by atoms with Gasteiger partial charge in [-0.25, -0.2) is 0 Å². The second kappa shape index (κ2) is 4.11. The van der Waals surface area contributed by atoms with E-state index >= 15 is 0 Å². The molecule has 0 N–H and O–H groups in total. The minimum absolute atomic E-state index is 0.281. The molecule has 1 aliphatic rings. The molecule has 0 radical (unpaired) electrons. The van der Waals surface area contributed by atoms with Crippen molar-refractivity contribution in [3.63, 3.8) is 0 Å². The van der Waals surface area contributed by atoms with E-state index in [1.54, 1.807) is 0 Å². The van der Waals surface area contributed by atoms with Crippen LogP contribution in [-0.2, 0) is 9.31 Å². The van der Waals surface area contributed by atoms with E-state index in [2.05, 4.69) is 68.7 Å². The first kappa shape index (κ1) is 13.1. The molecule has 2 nitrogen and oxygen atoms in total. The molecule has 0 spiro atoms. The van der Waals surface area contributed by atoms with Crippen LogP contribution in [-0.4, -0.2) is 18.3 Å². The minimum atomic E-state index is -0.284. The molecule has 92 valence electrons. The van der Waals surface area contributed by atoms with E-state index in [1.165, 1.54) is 5.56 Å². The topological polar surface area (TPSA) is 18.5 Å². The molecule has 1 aromatic rings. The fourth-order valence-corrected chi connectivity index (χ4v) is 2.51. The van der Waals surface area contributed by atoms with E-state index in [4.69, 9.17) is 9.31 Å². The van der Waals surface area contributed by atoms with E-state index in [0.717, 1.165) is 9.94 Å². The largest absolute Gasteiger partial charge is 0.494 e. The molecule has 1 fully saturated rings. The van der Waals surface area contributed by atoms with E-state index in [-0.39, 0.29) is 18.3 Å². The molecular weight excluding hydrogens is 279 g/mol. The van der Waals surface area contributed by atoms with Gasteiger partial charge in [0.05, 0.1) is 11.2 Å². The Kier molecular flexibility index (Phi) is 3.17. The maximum atomic E-state index is 6.02. The maximum Gasteiger partial charge on any atom is 0.494 e. The molecule has 2 rings (SSSR count). The SMILES string of the molecule is Cc1cc(Br)cc(B2OC(C)(C)C(C)(C)O2)c1. The lowest BCUT2D eigenvalue weighted by Crippen LogP contribution is -2.41. The molecule has 0 aromatic heterocycles. The second-order valence-corrected chi connectivity index (χ2v) is 6.57. The van der Waals surface area contributed by atoms with Crippen molar-refractivity contribution in [1.82, 2.24) is 0 Å². The second-order valence-electron chi connectivity index (χ2n) is 5.65. The third-order valence-corrected chi connectivity index (χ3v) is 4.05. The Morgan fingerprint density at radius 3 is 2.00 bits per heavy atom. The number of benzene rings is 1. The van der Waals surface area contributed by atoms with Gasteiger partial charge in [0.25, 0.3) is 0 Å². The Morgan fingerprint density at radius 2 is 1.53 bits per heavy atom. The Hall–Kier alpha value is -0.315. The van der Waals surface area contributed by atoms with Crippen molar-refractivity contribution >= 4 is 28.5 Å². The number of hydrogen-bond donors (Lipinski definition) is 0. The summed E-state index contributed by atoms with van der Waals surface area (Å²) in [5, 5.41) is 0. The molecule has 1 aromatic carbocycles. The van der Waals surface area contributed by atoms with Crippen LogP contribution in [0.1, 0.15) is 33.3 Å². The van der Waals surface area contributed by atoms with Crippen molar-refractivity contribution in [3.05, 3.63) is 28.2 Å². The summed E-state index contributed by atoms with van der Waals surface area (Å²) in [6.45, 7) is 10.3. The summed E-state index contributed by atoms with van der Waals surface area (Å²) in [7, 11) is -0.281. The molecule has 0 bridgehead atoms. The van der Waals surface area contributed by atoms with Gasteiger partial charge in [0.15, 0.2) is 0 Å². The van der Waals surface area contributed by atoms with Gasteiger partial charge < -0.3 is 9.31 Å². The highest BCUT2D eigenvalue weighted by Crippen LogP contribution is 2.36. The molecule has 0 amide bonds. The van der Waals surface area contributed by atoms with Crippen LogP contribution in [0.3, 0.4) is 0 Å². The minimum Gasteiger partial charge on any atom is -0.399 e. The summed E-state index contributed by atoms with van der Waals surface area (Å²) in [5.41, 5.74) is 1.70. The van der Waals surface area contributed by atoms with Crippen LogP contribution >= 0.6 is 15.9 Å². The van der Waals surface area contributed by atoms with Gasteiger partial charge in [-0.1, -0.05) is 27.6 Å². The lowest BCUT2D eigenvalue weighted by atomic mass is 9.78. The Labute approximate surface area is 112 Å². The van der Waals surface area contributed by atoms with Gasteiger partial charge in [0.2, 0.25) is 0 Å². The highest BCUT2D eigenvalue weighted by molar-refractivity contribution is 9.10. The van der Waals surface area contributed by atoms with Gasteiger partial charge in [-0.2, -0.15) is 0 Å². The van der Waals surface area contributed by atoms with Gasteiger partial charge in [-0.3, -0.25) is 0 Å². The predicted octanol–water partition coefficient (Wildman–Crippen LogP) is 3.06. The van der Waals surface area contributed by atoms with Crippen LogP contribution in [0.2, 0.25) is 0 Å². The number of aryl methyl sites for hydroxylation is 1. The zero-order chi connectivity index (χ0) is 12.8. The summed E-state index contributed by atoms with van der Waals surface area (Å²) >= 11 is 3.51. The third kappa shape index (κ3) is 2.44. The molecular formula is C13H18BBrO2.